The first kappa shape index (κ1) is 19.8. The molecule has 27 heavy (non-hydrogen) atoms. The Morgan fingerprint density at radius 2 is 1.59 bits per heavy atom. The summed E-state index contributed by atoms with van der Waals surface area (Å²) >= 11 is 0. The van der Waals surface area contributed by atoms with Crippen molar-refractivity contribution in [1.82, 2.24) is 9.62 Å². The van der Waals surface area contributed by atoms with Crippen molar-refractivity contribution in [3.63, 3.8) is 0 Å². The molecule has 5 nitrogen and oxygen atoms in total. The van der Waals surface area contributed by atoms with Gasteiger partial charge in [-0.15, -0.1) is 0 Å². The molecule has 0 unspecified atom stereocenters. The molecule has 0 saturated carbocycles. The average Bonchev–Trinajstić information content (AvgIpc) is 2.67. The minimum Gasteiger partial charge on any atom is -0.367 e. The van der Waals surface area contributed by atoms with Crippen molar-refractivity contribution in [3.05, 3.63) is 66.0 Å². The van der Waals surface area contributed by atoms with Gasteiger partial charge in [-0.2, -0.15) is 0 Å². The summed E-state index contributed by atoms with van der Waals surface area (Å²) in [5.74, 6) is -0.173. The van der Waals surface area contributed by atoms with Crippen molar-refractivity contribution in [2.45, 2.75) is 12.2 Å². The van der Waals surface area contributed by atoms with Crippen LogP contribution in [0.1, 0.15) is 12.0 Å². The zero-order chi connectivity index (χ0) is 19.1. The lowest BCUT2D eigenvalue weighted by atomic mass is 10.2. The fourth-order valence-corrected chi connectivity index (χ4v) is 4.48. The van der Waals surface area contributed by atoms with Crippen LogP contribution in [0, 0.1) is 5.82 Å². The molecular weight excluding hydrogens is 365 g/mol. The molecule has 2 aromatic carbocycles. The lowest BCUT2D eigenvalue weighted by Crippen LogP contribution is -2.47. The number of piperazine rings is 1. The zero-order valence-corrected chi connectivity index (χ0v) is 16.2. The van der Waals surface area contributed by atoms with Gasteiger partial charge in [-0.1, -0.05) is 42.5 Å². The number of rotatable bonds is 8. The minimum absolute atomic E-state index is 0.00908. The van der Waals surface area contributed by atoms with Crippen molar-refractivity contribution in [3.8, 4) is 0 Å². The molecule has 7 heteroatoms. The van der Waals surface area contributed by atoms with Crippen LogP contribution >= 0.6 is 0 Å². The fraction of sp³-hybridized carbons (Fsp3) is 0.400. The van der Waals surface area contributed by atoms with Gasteiger partial charge in [0.05, 0.1) is 11.4 Å². The van der Waals surface area contributed by atoms with E-state index in [1.165, 1.54) is 6.07 Å². The third-order valence-electron chi connectivity index (χ3n) is 4.74. The quantitative estimate of drug-likeness (QED) is 0.703. The van der Waals surface area contributed by atoms with Crippen LogP contribution in [0.2, 0.25) is 0 Å². The number of sulfonamides is 1. The molecule has 1 fully saturated rings. The first-order chi connectivity index (χ1) is 13.0. The molecule has 0 atom stereocenters. The molecule has 1 aliphatic rings. The van der Waals surface area contributed by atoms with Crippen molar-refractivity contribution in [2.24, 2.45) is 0 Å². The first-order valence-corrected chi connectivity index (χ1v) is 10.9. The Kier molecular flexibility index (Phi) is 6.82. The molecule has 0 aliphatic carbocycles. The molecule has 0 bridgehead atoms. The van der Waals surface area contributed by atoms with Crippen molar-refractivity contribution in [1.29, 1.82) is 0 Å². The molecule has 1 N–H and O–H groups in total. The average molecular weight is 392 g/mol. The van der Waals surface area contributed by atoms with Crippen LogP contribution in [0.15, 0.2) is 54.6 Å². The lowest BCUT2D eigenvalue weighted by molar-refractivity contribution is 0.255. The predicted octanol–water partition coefficient (Wildman–Crippen LogP) is 2.46. The molecule has 1 heterocycles. The highest BCUT2D eigenvalue weighted by Gasteiger charge is 2.19. The van der Waals surface area contributed by atoms with Crippen LogP contribution < -0.4 is 9.62 Å². The van der Waals surface area contributed by atoms with Gasteiger partial charge in [0.1, 0.15) is 5.82 Å². The largest absolute Gasteiger partial charge is 0.367 e. The number of hydrogen-bond acceptors (Lipinski definition) is 4. The van der Waals surface area contributed by atoms with Crippen LogP contribution in [0.5, 0.6) is 0 Å². The third kappa shape index (κ3) is 6.02. The number of benzene rings is 2. The first-order valence-electron chi connectivity index (χ1n) is 9.27. The molecule has 3 rings (SSSR count). The monoisotopic (exact) mass is 391 g/mol. The van der Waals surface area contributed by atoms with E-state index in [1.54, 1.807) is 6.07 Å². The molecular formula is C20H26FN3O2S. The van der Waals surface area contributed by atoms with E-state index in [0.29, 0.717) is 12.2 Å². The van der Waals surface area contributed by atoms with E-state index in [9.17, 15) is 12.8 Å². The SMILES string of the molecule is O=S(=O)(Cc1ccccc1)NCCCN1CCN(c2ccccc2F)CC1. The summed E-state index contributed by atoms with van der Waals surface area (Å²) < 4.78 is 40.8. The Bertz CT molecular complexity index is 822. The summed E-state index contributed by atoms with van der Waals surface area (Å²) in [6.07, 6.45) is 0.758. The maximum Gasteiger partial charge on any atom is 0.215 e. The summed E-state index contributed by atoms with van der Waals surface area (Å²) in [5.41, 5.74) is 1.44. The Hall–Kier alpha value is -1.96. The summed E-state index contributed by atoms with van der Waals surface area (Å²) in [5, 5.41) is 0. The maximum atomic E-state index is 13.9. The Balaban J connectivity index is 1.36. The number of para-hydroxylation sites is 1. The van der Waals surface area contributed by atoms with Gasteiger partial charge in [0.2, 0.25) is 10.0 Å². The summed E-state index contributed by atoms with van der Waals surface area (Å²) in [6.45, 7) is 4.53. The van der Waals surface area contributed by atoms with E-state index in [1.807, 2.05) is 42.5 Å². The molecule has 0 amide bonds. The minimum atomic E-state index is -3.31. The van der Waals surface area contributed by atoms with E-state index >= 15 is 0 Å². The number of nitrogens with one attached hydrogen (secondary N) is 1. The molecule has 0 radical (unpaired) electrons. The Labute approximate surface area is 160 Å². The van der Waals surface area contributed by atoms with Crippen LogP contribution in [0.3, 0.4) is 0 Å². The predicted molar refractivity (Wildman–Crippen MR) is 107 cm³/mol. The van der Waals surface area contributed by atoms with E-state index in [4.69, 9.17) is 0 Å². The van der Waals surface area contributed by atoms with Crippen LogP contribution in [0.4, 0.5) is 10.1 Å². The van der Waals surface area contributed by atoms with Gasteiger partial charge in [-0.05, 0) is 30.7 Å². The molecule has 1 aliphatic heterocycles. The van der Waals surface area contributed by atoms with Crippen molar-refractivity contribution >= 4 is 15.7 Å². The molecule has 2 aromatic rings. The molecule has 0 spiro atoms. The number of anilines is 1. The molecule has 1 saturated heterocycles. The second-order valence-corrected chi connectivity index (χ2v) is 8.58. The second kappa shape index (κ2) is 9.30. The van der Waals surface area contributed by atoms with E-state index in [-0.39, 0.29) is 11.6 Å². The van der Waals surface area contributed by atoms with E-state index < -0.39 is 10.0 Å². The van der Waals surface area contributed by atoms with Gasteiger partial charge < -0.3 is 4.90 Å². The number of nitrogens with zero attached hydrogens (tertiary/aromatic N) is 2. The highest BCUT2D eigenvalue weighted by molar-refractivity contribution is 7.88. The van der Waals surface area contributed by atoms with Gasteiger partial charge in [0, 0.05) is 32.7 Å². The topological polar surface area (TPSA) is 52.7 Å². The van der Waals surface area contributed by atoms with Crippen LogP contribution in [-0.4, -0.2) is 52.6 Å². The number of halogens is 1. The van der Waals surface area contributed by atoms with Gasteiger partial charge in [-0.3, -0.25) is 4.90 Å². The van der Waals surface area contributed by atoms with Crippen LogP contribution in [0.25, 0.3) is 0 Å². The Morgan fingerprint density at radius 3 is 2.30 bits per heavy atom. The highest BCUT2D eigenvalue weighted by Crippen LogP contribution is 2.20. The second-order valence-electron chi connectivity index (χ2n) is 6.77. The Morgan fingerprint density at radius 1 is 0.926 bits per heavy atom. The van der Waals surface area contributed by atoms with E-state index in [2.05, 4.69) is 14.5 Å². The summed E-state index contributed by atoms with van der Waals surface area (Å²) in [7, 11) is -3.31. The number of hydrogen-bond donors (Lipinski definition) is 1. The summed E-state index contributed by atoms with van der Waals surface area (Å²) in [6, 6.07) is 16.0. The van der Waals surface area contributed by atoms with Crippen molar-refractivity contribution < 1.29 is 12.8 Å². The van der Waals surface area contributed by atoms with E-state index in [0.717, 1.165) is 44.7 Å². The normalized spacial score (nSPS) is 15.8. The standard InChI is InChI=1S/C20H26FN3O2S/c21-19-9-4-5-10-20(19)24-15-13-23(14-16-24)12-6-11-22-27(25,26)17-18-7-2-1-3-8-18/h1-5,7-10,22H,6,11-17H2. The molecule has 0 aromatic heterocycles. The van der Waals surface area contributed by atoms with Crippen molar-refractivity contribution in [2.75, 3.05) is 44.2 Å². The third-order valence-corrected chi connectivity index (χ3v) is 6.10. The highest BCUT2D eigenvalue weighted by atomic mass is 32.2. The van der Waals surface area contributed by atoms with Gasteiger partial charge in [-0.25, -0.2) is 17.5 Å². The van der Waals surface area contributed by atoms with Crippen LogP contribution in [-0.2, 0) is 15.8 Å². The molecule has 146 valence electrons. The maximum absolute atomic E-state index is 13.9. The van der Waals surface area contributed by atoms with Gasteiger partial charge >= 0.3 is 0 Å². The summed E-state index contributed by atoms with van der Waals surface area (Å²) in [4.78, 5) is 4.36. The lowest BCUT2D eigenvalue weighted by Gasteiger charge is -2.36. The zero-order valence-electron chi connectivity index (χ0n) is 15.4. The smallest absolute Gasteiger partial charge is 0.215 e. The fourth-order valence-electron chi connectivity index (χ4n) is 3.30. The van der Waals surface area contributed by atoms with Gasteiger partial charge in [0.25, 0.3) is 0 Å². The van der Waals surface area contributed by atoms with Gasteiger partial charge in [0.15, 0.2) is 0 Å².